The first kappa shape index (κ1) is 7.41. The van der Waals surface area contributed by atoms with Crippen molar-refractivity contribution in [3.8, 4) is 0 Å². The number of rotatable bonds is 0. The minimum Gasteiger partial charge on any atom is -0.316 e. The highest BCUT2D eigenvalue weighted by molar-refractivity contribution is 7.80. The van der Waals surface area contributed by atoms with Gasteiger partial charge >= 0.3 is 0 Å². The van der Waals surface area contributed by atoms with Crippen LogP contribution in [0.3, 0.4) is 0 Å². The first-order valence-electron chi connectivity index (χ1n) is 3.18. The van der Waals surface area contributed by atoms with E-state index >= 15 is 0 Å². The van der Waals surface area contributed by atoms with Crippen LogP contribution >= 0.6 is 12.2 Å². The standard InChI is InChI=1S/C7H9NOS/c1-3-5-4(2)6(9)8-7(5)10/h3-4H,1-2H3,(H,8,9,10)/b5-3-. The van der Waals surface area contributed by atoms with Crippen molar-refractivity contribution in [3.63, 3.8) is 0 Å². The Hall–Kier alpha value is -0.700. The summed E-state index contributed by atoms with van der Waals surface area (Å²) in [5.41, 5.74) is 0.944. The molecule has 1 amide bonds. The molecule has 1 heterocycles. The second-order valence-electron chi connectivity index (χ2n) is 2.28. The Morgan fingerprint density at radius 2 is 2.30 bits per heavy atom. The van der Waals surface area contributed by atoms with E-state index in [4.69, 9.17) is 12.2 Å². The fourth-order valence-electron chi connectivity index (χ4n) is 1.01. The van der Waals surface area contributed by atoms with Crippen LogP contribution in [0.15, 0.2) is 11.6 Å². The summed E-state index contributed by atoms with van der Waals surface area (Å²) < 4.78 is 0. The molecule has 0 aliphatic carbocycles. The Labute approximate surface area is 65.3 Å². The van der Waals surface area contributed by atoms with E-state index in [0.717, 1.165) is 5.57 Å². The number of thiocarbonyl (C=S) groups is 1. The van der Waals surface area contributed by atoms with Crippen LogP contribution in [0, 0.1) is 5.92 Å². The van der Waals surface area contributed by atoms with Crippen LogP contribution in [-0.4, -0.2) is 10.9 Å². The summed E-state index contributed by atoms with van der Waals surface area (Å²) in [4.78, 5) is 11.5. The van der Waals surface area contributed by atoms with Gasteiger partial charge in [0, 0.05) is 0 Å². The van der Waals surface area contributed by atoms with Crippen LogP contribution < -0.4 is 5.32 Å². The number of allylic oxidation sites excluding steroid dienone is 1. The summed E-state index contributed by atoms with van der Waals surface area (Å²) in [6.45, 7) is 3.74. The van der Waals surface area contributed by atoms with E-state index in [1.54, 1.807) is 0 Å². The normalized spacial score (nSPS) is 29.4. The molecule has 54 valence electrons. The van der Waals surface area contributed by atoms with Crippen LogP contribution in [0.4, 0.5) is 0 Å². The van der Waals surface area contributed by atoms with E-state index in [1.807, 2.05) is 19.9 Å². The van der Waals surface area contributed by atoms with Crippen molar-refractivity contribution in [1.82, 2.24) is 5.32 Å². The first-order valence-corrected chi connectivity index (χ1v) is 3.59. The van der Waals surface area contributed by atoms with E-state index in [2.05, 4.69) is 5.32 Å². The Bertz CT molecular complexity index is 220. The van der Waals surface area contributed by atoms with Crippen molar-refractivity contribution < 1.29 is 4.79 Å². The summed E-state index contributed by atoms with van der Waals surface area (Å²) in [7, 11) is 0. The summed E-state index contributed by atoms with van der Waals surface area (Å²) in [6.07, 6.45) is 1.88. The third-order valence-electron chi connectivity index (χ3n) is 1.67. The second-order valence-corrected chi connectivity index (χ2v) is 2.69. The molecule has 1 aliphatic heterocycles. The lowest BCUT2D eigenvalue weighted by atomic mass is 10.1. The largest absolute Gasteiger partial charge is 0.316 e. The lowest BCUT2D eigenvalue weighted by Crippen LogP contribution is -2.19. The van der Waals surface area contributed by atoms with Crippen molar-refractivity contribution in [2.24, 2.45) is 5.92 Å². The Kier molecular flexibility index (Phi) is 1.85. The summed E-state index contributed by atoms with van der Waals surface area (Å²) in [6, 6.07) is 0. The molecule has 0 spiro atoms. The van der Waals surface area contributed by atoms with Crippen LogP contribution in [0.25, 0.3) is 0 Å². The van der Waals surface area contributed by atoms with Gasteiger partial charge in [-0.05, 0) is 19.4 Å². The van der Waals surface area contributed by atoms with E-state index in [1.165, 1.54) is 0 Å². The Balaban J connectivity index is 2.95. The van der Waals surface area contributed by atoms with Gasteiger partial charge in [-0.1, -0.05) is 18.3 Å². The first-order chi connectivity index (χ1) is 4.66. The van der Waals surface area contributed by atoms with Gasteiger partial charge in [0.2, 0.25) is 5.91 Å². The van der Waals surface area contributed by atoms with Gasteiger partial charge in [0.1, 0.15) is 4.99 Å². The van der Waals surface area contributed by atoms with Gasteiger partial charge in [-0.3, -0.25) is 4.79 Å². The second kappa shape index (κ2) is 2.50. The topological polar surface area (TPSA) is 29.1 Å². The average Bonchev–Trinajstić information content (AvgIpc) is 2.09. The van der Waals surface area contributed by atoms with Crippen molar-refractivity contribution in [1.29, 1.82) is 0 Å². The number of amides is 1. The van der Waals surface area contributed by atoms with Crippen LogP contribution in [0.1, 0.15) is 13.8 Å². The van der Waals surface area contributed by atoms with Gasteiger partial charge in [0.15, 0.2) is 0 Å². The van der Waals surface area contributed by atoms with E-state index in [0.29, 0.717) is 4.99 Å². The lowest BCUT2D eigenvalue weighted by Gasteiger charge is -1.96. The SMILES string of the molecule is C/C=C1\C(=S)NC(=O)C1C. The number of nitrogens with one attached hydrogen (secondary N) is 1. The van der Waals surface area contributed by atoms with E-state index in [9.17, 15) is 4.79 Å². The molecular weight excluding hydrogens is 146 g/mol. The molecule has 1 fully saturated rings. The van der Waals surface area contributed by atoms with Crippen LogP contribution in [0.5, 0.6) is 0 Å². The predicted octanol–water partition coefficient (Wildman–Crippen LogP) is 1.03. The molecule has 3 heteroatoms. The molecule has 0 aromatic rings. The third kappa shape index (κ3) is 0.968. The quantitative estimate of drug-likeness (QED) is 0.418. The van der Waals surface area contributed by atoms with Crippen LogP contribution in [-0.2, 0) is 4.79 Å². The smallest absolute Gasteiger partial charge is 0.232 e. The maximum atomic E-state index is 10.9. The number of hydrogen-bond acceptors (Lipinski definition) is 2. The minimum absolute atomic E-state index is 0.0121. The van der Waals surface area contributed by atoms with Gasteiger partial charge in [-0.2, -0.15) is 0 Å². The number of hydrogen-bond donors (Lipinski definition) is 1. The molecule has 0 aromatic heterocycles. The van der Waals surface area contributed by atoms with Crippen molar-refractivity contribution in [3.05, 3.63) is 11.6 Å². The number of carbonyl (C=O) groups excluding carboxylic acids is 1. The molecule has 1 aliphatic rings. The van der Waals surface area contributed by atoms with Crippen LogP contribution in [0.2, 0.25) is 0 Å². The molecule has 0 saturated carbocycles. The molecule has 1 atom stereocenters. The van der Waals surface area contributed by atoms with Crippen molar-refractivity contribution in [2.75, 3.05) is 0 Å². The molecule has 1 saturated heterocycles. The lowest BCUT2D eigenvalue weighted by molar-refractivity contribution is -0.120. The van der Waals surface area contributed by atoms with Crippen molar-refractivity contribution in [2.45, 2.75) is 13.8 Å². The molecule has 0 bridgehead atoms. The molecule has 1 unspecified atom stereocenters. The average molecular weight is 155 g/mol. The highest BCUT2D eigenvalue weighted by atomic mass is 32.1. The van der Waals surface area contributed by atoms with Gasteiger partial charge < -0.3 is 5.32 Å². The molecule has 1 rings (SSSR count). The molecule has 2 nitrogen and oxygen atoms in total. The minimum atomic E-state index is -0.0579. The molecule has 1 N–H and O–H groups in total. The molecule has 10 heavy (non-hydrogen) atoms. The zero-order valence-corrected chi connectivity index (χ0v) is 6.79. The van der Waals surface area contributed by atoms with Gasteiger partial charge in [0.05, 0.1) is 5.92 Å². The fourth-order valence-corrected chi connectivity index (χ4v) is 1.41. The maximum absolute atomic E-state index is 10.9. The fraction of sp³-hybridized carbons (Fsp3) is 0.429. The highest BCUT2D eigenvalue weighted by Crippen LogP contribution is 2.17. The van der Waals surface area contributed by atoms with Gasteiger partial charge in [-0.15, -0.1) is 0 Å². The highest BCUT2D eigenvalue weighted by Gasteiger charge is 2.28. The number of carbonyl (C=O) groups is 1. The molecule has 0 aromatic carbocycles. The zero-order valence-electron chi connectivity index (χ0n) is 5.97. The van der Waals surface area contributed by atoms with E-state index in [-0.39, 0.29) is 11.8 Å². The predicted molar refractivity (Wildman–Crippen MR) is 43.7 cm³/mol. The zero-order chi connectivity index (χ0) is 7.72. The maximum Gasteiger partial charge on any atom is 0.232 e. The Morgan fingerprint density at radius 1 is 1.70 bits per heavy atom. The summed E-state index contributed by atoms with van der Waals surface area (Å²) in [5.74, 6) is -0.0457. The molecule has 0 radical (unpaired) electrons. The van der Waals surface area contributed by atoms with Gasteiger partial charge in [0.25, 0.3) is 0 Å². The monoisotopic (exact) mass is 155 g/mol. The third-order valence-corrected chi connectivity index (χ3v) is 2.01. The van der Waals surface area contributed by atoms with Gasteiger partial charge in [-0.25, -0.2) is 0 Å². The summed E-state index contributed by atoms with van der Waals surface area (Å²) >= 11 is 4.89. The Morgan fingerprint density at radius 3 is 2.50 bits per heavy atom. The van der Waals surface area contributed by atoms with Crippen molar-refractivity contribution >= 4 is 23.1 Å². The summed E-state index contributed by atoms with van der Waals surface area (Å²) in [5, 5.41) is 2.59. The van der Waals surface area contributed by atoms with E-state index < -0.39 is 0 Å². The molecular formula is C7H9NOS.